The predicted octanol–water partition coefficient (Wildman–Crippen LogP) is 2.86. The zero-order chi connectivity index (χ0) is 25.3. The van der Waals surface area contributed by atoms with E-state index in [0.29, 0.717) is 32.6 Å². The molecular formula is C28H35N3O4S. The Bertz CT molecular complexity index is 1060. The maximum Gasteiger partial charge on any atom is 0.247 e. The van der Waals surface area contributed by atoms with Crippen molar-refractivity contribution in [3.63, 3.8) is 0 Å². The van der Waals surface area contributed by atoms with E-state index >= 15 is 0 Å². The summed E-state index contributed by atoms with van der Waals surface area (Å²) in [5.74, 6) is -1.41. The van der Waals surface area contributed by atoms with E-state index in [0.717, 1.165) is 24.9 Å². The number of carbonyl (C=O) groups excluding carboxylic acids is 3. The molecule has 0 bridgehead atoms. The number of carbonyl (C=O) groups is 3. The average molecular weight is 510 g/mol. The number of anilines is 1. The molecule has 3 amide bonds. The molecule has 0 aromatic heterocycles. The van der Waals surface area contributed by atoms with Gasteiger partial charge in [0.05, 0.1) is 16.6 Å². The predicted molar refractivity (Wildman–Crippen MR) is 141 cm³/mol. The highest BCUT2D eigenvalue weighted by Gasteiger charge is 2.70. The number of thioether (sulfide) groups is 1. The molecule has 4 heterocycles. The third-order valence-electron chi connectivity index (χ3n) is 7.90. The molecule has 5 rings (SSSR count). The van der Waals surface area contributed by atoms with Gasteiger partial charge >= 0.3 is 0 Å². The fourth-order valence-electron chi connectivity index (χ4n) is 6.26. The van der Waals surface area contributed by atoms with Crippen molar-refractivity contribution >= 4 is 35.2 Å². The van der Waals surface area contributed by atoms with Crippen LogP contribution in [-0.4, -0.2) is 81.5 Å². The monoisotopic (exact) mass is 509 g/mol. The van der Waals surface area contributed by atoms with Gasteiger partial charge in [-0.15, -0.1) is 11.8 Å². The molecule has 0 aliphatic carbocycles. The van der Waals surface area contributed by atoms with Gasteiger partial charge in [-0.2, -0.15) is 0 Å². The van der Waals surface area contributed by atoms with Gasteiger partial charge < -0.3 is 19.8 Å². The number of nitrogens with zero attached hydrogens (tertiary/aromatic N) is 3. The highest BCUT2D eigenvalue weighted by molar-refractivity contribution is 8.02. The first-order valence-corrected chi connectivity index (χ1v) is 14.0. The number of likely N-dealkylation sites (tertiary alicyclic amines) is 1. The summed E-state index contributed by atoms with van der Waals surface area (Å²) in [7, 11) is 0. The summed E-state index contributed by atoms with van der Waals surface area (Å²) in [5.41, 5.74) is 0.812. The average Bonchev–Trinajstić information content (AvgIpc) is 3.20. The van der Waals surface area contributed by atoms with Crippen LogP contribution < -0.4 is 4.90 Å². The van der Waals surface area contributed by atoms with Crippen molar-refractivity contribution in [1.82, 2.24) is 9.80 Å². The van der Waals surface area contributed by atoms with Crippen LogP contribution in [0.15, 0.2) is 54.6 Å². The molecule has 1 aromatic carbocycles. The van der Waals surface area contributed by atoms with Crippen molar-refractivity contribution in [2.24, 2.45) is 11.8 Å². The summed E-state index contributed by atoms with van der Waals surface area (Å²) < 4.78 is -0.793. The number of para-hydroxylation sites is 1. The lowest BCUT2D eigenvalue weighted by Gasteiger charge is -2.35. The molecule has 5 atom stereocenters. The minimum atomic E-state index is -0.793. The first-order valence-electron chi connectivity index (χ1n) is 13.1. The zero-order valence-corrected chi connectivity index (χ0v) is 21.6. The van der Waals surface area contributed by atoms with Gasteiger partial charge in [-0.3, -0.25) is 14.4 Å². The van der Waals surface area contributed by atoms with E-state index in [1.807, 2.05) is 47.4 Å². The molecule has 4 aliphatic heterocycles. The Labute approximate surface area is 217 Å². The van der Waals surface area contributed by atoms with E-state index in [-0.39, 0.29) is 29.6 Å². The first-order chi connectivity index (χ1) is 17.5. The number of fused-ring (bicyclic) bond motifs is 2. The quantitative estimate of drug-likeness (QED) is 0.431. The van der Waals surface area contributed by atoms with Crippen LogP contribution in [0, 0.1) is 11.8 Å². The van der Waals surface area contributed by atoms with Crippen LogP contribution in [0.1, 0.15) is 32.6 Å². The van der Waals surface area contributed by atoms with Crippen LogP contribution in [0.2, 0.25) is 0 Å². The van der Waals surface area contributed by atoms with Gasteiger partial charge in [0.2, 0.25) is 17.7 Å². The van der Waals surface area contributed by atoms with E-state index < -0.39 is 22.6 Å². The minimum Gasteiger partial charge on any atom is -0.396 e. The first kappa shape index (κ1) is 25.1. The van der Waals surface area contributed by atoms with Gasteiger partial charge in [-0.05, 0) is 25.0 Å². The second kappa shape index (κ2) is 10.4. The van der Waals surface area contributed by atoms with Crippen LogP contribution in [-0.2, 0) is 14.4 Å². The number of aliphatic hydroxyl groups is 1. The van der Waals surface area contributed by atoms with Crippen LogP contribution in [0.3, 0.4) is 0 Å². The molecule has 1 unspecified atom stereocenters. The van der Waals surface area contributed by atoms with Gasteiger partial charge in [0.15, 0.2) is 0 Å². The summed E-state index contributed by atoms with van der Waals surface area (Å²) in [6.45, 7) is 4.03. The zero-order valence-electron chi connectivity index (χ0n) is 20.8. The van der Waals surface area contributed by atoms with Crippen molar-refractivity contribution in [3.05, 3.63) is 54.6 Å². The Morgan fingerprint density at radius 2 is 1.78 bits per heavy atom. The maximum atomic E-state index is 14.1. The summed E-state index contributed by atoms with van der Waals surface area (Å²) in [6, 6.07) is 8.91. The molecule has 2 saturated heterocycles. The second-order valence-corrected chi connectivity index (χ2v) is 11.5. The van der Waals surface area contributed by atoms with Crippen LogP contribution >= 0.6 is 11.8 Å². The summed E-state index contributed by atoms with van der Waals surface area (Å²) in [6.07, 6.45) is 11.6. The van der Waals surface area contributed by atoms with Gasteiger partial charge in [0.25, 0.3) is 0 Å². The largest absolute Gasteiger partial charge is 0.396 e. The van der Waals surface area contributed by atoms with Crippen molar-refractivity contribution in [2.45, 2.75) is 48.6 Å². The number of rotatable bonds is 8. The molecule has 0 saturated carbocycles. The van der Waals surface area contributed by atoms with Crippen LogP contribution in [0.5, 0.6) is 0 Å². The number of hydrogen-bond donors (Lipinski definition) is 1. The van der Waals surface area contributed by atoms with Crippen LogP contribution in [0.25, 0.3) is 0 Å². The van der Waals surface area contributed by atoms with E-state index in [9.17, 15) is 19.5 Å². The van der Waals surface area contributed by atoms with Crippen molar-refractivity contribution in [3.8, 4) is 0 Å². The standard InChI is InChI=1S/C28H35N3O4S/c1-2-3-7-15-29-16-9-14-28-23(26(34)31(18-10-19-32)24(28)27(29)35)22-21(36-28)13-8-17-30(25(22)33)20-11-5-4-6-12-20/h4-6,8-9,11-14,21-24,32H,2-3,7,10,15-19H2,1H3/t21-,22+,23-,24?,28-/m0/s1. The van der Waals surface area contributed by atoms with Crippen molar-refractivity contribution in [1.29, 1.82) is 0 Å². The maximum absolute atomic E-state index is 14.1. The number of hydrogen-bond acceptors (Lipinski definition) is 5. The molecule has 1 spiro atoms. The summed E-state index contributed by atoms with van der Waals surface area (Å²) in [4.78, 5) is 47.4. The molecule has 7 nitrogen and oxygen atoms in total. The number of amides is 3. The Morgan fingerprint density at radius 3 is 2.53 bits per heavy atom. The highest BCUT2D eigenvalue weighted by atomic mass is 32.2. The normalized spacial score (nSPS) is 31.4. The molecule has 36 heavy (non-hydrogen) atoms. The van der Waals surface area contributed by atoms with Crippen molar-refractivity contribution in [2.75, 3.05) is 37.7 Å². The van der Waals surface area contributed by atoms with Gasteiger partial charge in [0.1, 0.15) is 6.04 Å². The molecule has 8 heteroatoms. The topological polar surface area (TPSA) is 81.2 Å². The molecule has 0 radical (unpaired) electrons. The molecular weight excluding hydrogens is 474 g/mol. The van der Waals surface area contributed by atoms with Crippen LogP contribution in [0.4, 0.5) is 5.69 Å². The third kappa shape index (κ3) is 4.08. The summed E-state index contributed by atoms with van der Waals surface area (Å²) >= 11 is 1.61. The lowest BCUT2D eigenvalue weighted by molar-refractivity contribution is -0.142. The number of benzene rings is 1. The van der Waals surface area contributed by atoms with E-state index in [1.165, 1.54) is 0 Å². The van der Waals surface area contributed by atoms with E-state index in [4.69, 9.17) is 0 Å². The molecule has 1 N–H and O–H groups in total. The second-order valence-electron chi connectivity index (χ2n) is 10.1. The summed E-state index contributed by atoms with van der Waals surface area (Å²) in [5, 5.41) is 9.36. The van der Waals surface area contributed by atoms with Crippen molar-refractivity contribution < 1.29 is 19.5 Å². The van der Waals surface area contributed by atoms with E-state index in [1.54, 1.807) is 21.6 Å². The molecule has 1 aromatic rings. The fraction of sp³-hybridized carbons (Fsp3) is 0.536. The van der Waals surface area contributed by atoms with Gasteiger partial charge in [0, 0.05) is 43.7 Å². The molecule has 4 aliphatic rings. The number of aliphatic hydroxyl groups excluding tert-OH is 1. The number of unbranched alkanes of at least 4 members (excludes halogenated alkanes) is 2. The fourth-order valence-corrected chi connectivity index (χ4v) is 8.27. The smallest absolute Gasteiger partial charge is 0.247 e. The van der Waals surface area contributed by atoms with E-state index in [2.05, 4.69) is 19.1 Å². The molecule has 2 fully saturated rings. The molecule has 192 valence electrons. The Morgan fingerprint density at radius 1 is 0.972 bits per heavy atom. The minimum absolute atomic E-state index is 0.0369. The lowest BCUT2D eigenvalue weighted by Crippen LogP contribution is -2.53. The Hall–Kier alpha value is -2.58. The SMILES string of the molecule is CCCCCN1CC=C[C@]23S[C@H]4C=CCN(c5ccccc5)C(=O)[C@H]4[C@H]2C(=O)N(CCCO)C3C1=O. The lowest BCUT2D eigenvalue weighted by atomic mass is 9.78. The Balaban J connectivity index is 1.54. The third-order valence-corrected chi connectivity index (χ3v) is 9.64. The highest BCUT2D eigenvalue weighted by Crippen LogP contribution is 2.61. The Kier molecular flexibility index (Phi) is 7.26. The van der Waals surface area contributed by atoms with Gasteiger partial charge in [-0.1, -0.05) is 62.3 Å². The van der Waals surface area contributed by atoms with Gasteiger partial charge in [-0.25, -0.2) is 0 Å².